The first kappa shape index (κ1) is 21.3. The van der Waals surface area contributed by atoms with Crippen LogP contribution in [0.15, 0.2) is 42.5 Å². The summed E-state index contributed by atoms with van der Waals surface area (Å²) in [7, 11) is -2.16. The SMILES string of the molecule is CC(C)(C)[Si](C)(C)O[C@@H]1C=CC(=O)O[C@@H]1[C@H](O)COC(=O)c1ccccc1. The van der Waals surface area contributed by atoms with E-state index >= 15 is 0 Å². The number of hydrogen-bond acceptors (Lipinski definition) is 6. The Morgan fingerprint density at radius 2 is 1.89 bits per heavy atom. The van der Waals surface area contributed by atoms with Gasteiger partial charge < -0.3 is 19.0 Å². The highest BCUT2D eigenvalue weighted by Crippen LogP contribution is 2.38. The number of hydrogen-bond donors (Lipinski definition) is 1. The molecule has 1 aromatic carbocycles. The molecule has 1 aliphatic rings. The molecule has 0 amide bonds. The van der Waals surface area contributed by atoms with Crippen molar-refractivity contribution in [1.82, 2.24) is 0 Å². The van der Waals surface area contributed by atoms with Crippen LogP contribution in [0.4, 0.5) is 0 Å². The van der Waals surface area contributed by atoms with Crippen LogP contribution in [0.1, 0.15) is 31.1 Å². The zero-order chi connectivity index (χ0) is 20.2. The molecule has 0 fully saturated rings. The third-order valence-electron chi connectivity index (χ3n) is 5.01. The molecule has 0 spiro atoms. The van der Waals surface area contributed by atoms with Crippen molar-refractivity contribution in [3.05, 3.63) is 48.0 Å². The van der Waals surface area contributed by atoms with Gasteiger partial charge >= 0.3 is 11.9 Å². The lowest BCUT2D eigenvalue weighted by atomic mass is 10.1. The van der Waals surface area contributed by atoms with Crippen molar-refractivity contribution in [2.45, 2.75) is 57.2 Å². The van der Waals surface area contributed by atoms with Crippen LogP contribution < -0.4 is 0 Å². The molecule has 27 heavy (non-hydrogen) atoms. The van der Waals surface area contributed by atoms with E-state index in [1.54, 1.807) is 36.4 Å². The molecule has 148 valence electrons. The molecule has 3 atom stereocenters. The van der Waals surface area contributed by atoms with Gasteiger partial charge in [0.25, 0.3) is 0 Å². The zero-order valence-electron chi connectivity index (χ0n) is 16.5. The average molecular weight is 393 g/mol. The molecule has 1 heterocycles. The molecule has 0 bridgehead atoms. The molecular weight excluding hydrogens is 364 g/mol. The molecule has 0 aliphatic carbocycles. The van der Waals surface area contributed by atoms with Gasteiger partial charge in [0.2, 0.25) is 0 Å². The first-order valence-corrected chi connectivity index (χ1v) is 11.9. The van der Waals surface area contributed by atoms with Gasteiger partial charge in [0.1, 0.15) is 18.8 Å². The fourth-order valence-electron chi connectivity index (χ4n) is 2.36. The standard InChI is InChI=1S/C20H28O6Si/c1-20(2,3)27(4,5)26-16-11-12-17(22)25-18(16)15(21)13-24-19(23)14-9-7-6-8-10-14/h6-12,15-16,18,21H,13H2,1-5H3/t15-,16-,18-/m1/s1. The summed E-state index contributed by atoms with van der Waals surface area (Å²) in [6.07, 6.45) is 0.200. The van der Waals surface area contributed by atoms with Crippen LogP contribution in [0.25, 0.3) is 0 Å². The Kier molecular flexibility index (Phi) is 6.62. The van der Waals surface area contributed by atoms with Crippen LogP contribution in [0.2, 0.25) is 18.1 Å². The molecule has 2 rings (SSSR count). The lowest BCUT2D eigenvalue weighted by Gasteiger charge is -2.41. The van der Waals surface area contributed by atoms with Gasteiger partial charge in [0, 0.05) is 6.08 Å². The Labute approximate surface area is 161 Å². The number of esters is 2. The lowest BCUT2D eigenvalue weighted by Crippen LogP contribution is -2.52. The number of benzene rings is 1. The van der Waals surface area contributed by atoms with Crippen molar-refractivity contribution in [3.8, 4) is 0 Å². The predicted molar refractivity (Wildman–Crippen MR) is 104 cm³/mol. The second-order valence-corrected chi connectivity index (χ2v) is 12.9. The van der Waals surface area contributed by atoms with Gasteiger partial charge in [-0.2, -0.15) is 0 Å². The molecule has 1 N–H and O–H groups in total. The van der Waals surface area contributed by atoms with Gasteiger partial charge in [-0.05, 0) is 36.3 Å². The van der Waals surface area contributed by atoms with Crippen LogP contribution in [-0.2, 0) is 18.7 Å². The highest BCUT2D eigenvalue weighted by molar-refractivity contribution is 6.74. The molecule has 1 aliphatic heterocycles. The van der Waals surface area contributed by atoms with E-state index < -0.39 is 38.6 Å². The van der Waals surface area contributed by atoms with E-state index in [0.29, 0.717) is 5.56 Å². The van der Waals surface area contributed by atoms with Crippen LogP contribution in [0.3, 0.4) is 0 Å². The topological polar surface area (TPSA) is 82.1 Å². The Hall–Kier alpha value is -1.96. The first-order valence-electron chi connectivity index (χ1n) is 8.98. The minimum atomic E-state index is -2.16. The minimum absolute atomic E-state index is 0.0441. The van der Waals surface area contributed by atoms with E-state index in [1.807, 2.05) is 0 Å². The summed E-state index contributed by atoms with van der Waals surface area (Å²) < 4.78 is 16.8. The Bertz CT molecular complexity index is 692. The number of carbonyl (C=O) groups is 2. The summed E-state index contributed by atoms with van der Waals surface area (Å²) in [5.41, 5.74) is 0.388. The molecule has 0 aromatic heterocycles. The maximum atomic E-state index is 12.1. The molecule has 6 nitrogen and oxygen atoms in total. The van der Waals surface area contributed by atoms with Crippen LogP contribution in [0, 0.1) is 0 Å². The Balaban J connectivity index is 2.05. The van der Waals surface area contributed by atoms with Crippen molar-refractivity contribution >= 4 is 20.3 Å². The number of ether oxygens (including phenoxy) is 2. The third kappa shape index (κ3) is 5.51. The van der Waals surface area contributed by atoms with Gasteiger partial charge in [-0.3, -0.25) is 0 Å². The smallest absolute Gasteiger partial charge is 0.338 e. The second kappa shape index (κ2) is 8.37. The van der Waals surface area contributed by atoms with Crippen molar-refractivity contribution in [2.75, 3.05) is 6.61 Å². The Morgan fingerprint density at radius 3 is 2.48 bits per heavy atom. The largest absolute Gasteiger partial charge is 0.459 e. The maximum absolute atomic E-state index is 12.1. The molecule has 0 unspecified atom stereocenters. The summed E-state index contributed by atoms with van der Waals surface area (Å²) >= 11 is 0. The maximum Gasteiger partial charge on any atom is 0.338 e. The quantitative estimate of drug-likeness (QED) is 0.592. The van der Waals surface area contributed by atoms with Crippen LogP contribution in [0.5, 0.6) is 0 Å². The van der Waals surface area contributed by atoms with E-state index in [1.165, 1.54) is 6.08 Å². The van der Waals surface area contributed by atoms with Crippen molar-refractivity contribution in [3.63, 3.8) is 0 Å². The lowest BCUT2D eigenvalue weighted by molar-refractivity contribution is -0.160. The summed E-state index contributed by atoms with van der Waals surface area (Å²) in [4.78, 5) is 23.7. The predicted octanol–water partition coefficient (Wildman–Crippen LogP) is 3.08. The normalized spacial score (nSPS) is 21.5. The van der Waals surface area contributed by atoms with Gasteiger partial charge in [0.15, 0.2) is 14.4 Å². The van der Waals surface area contributed by atoms with Gasteiger partial charge in [-0.1, -0.05) is 39.0 Å². The fraction of sp³-hybridized carbons (Fsp3) is 0.500. The summed E-state index contributed by atoms with van der Waals surface area (Å²) in [5, 5.41) is 10.5. The summed E-state index contributed by atoms with van der Waals surface area (Å²) in [5.74, 6) is -1.10. The van der Waals surface area contributed by atoms with E-state index in [0.717, 1.165) is 0 Å². The van der Waals surface area contributed by atoms with Crippen molar-refractivity contribution in [2.24, 2.45) is 0 Å². The molecule has 0 radical (unpaired) electrons. The molecule has 0 saturated heterocycles. The fourth-order valence-corrected chi connectivity index (χ4v) is 3.60. The van der Waals surface area contributed by atoms with Gasteiger partial charge in [-0.15, -0.1) is 0 Å². The minimum Gasteiger partial charge on any atom is -0.459 e. The zero-order valence-corrected chi connectivity index (χ0v) is 17.5. The number of aliphatic hydroxyl groups is 1. The number of aliphatic hydroxyl groups excluding tert-OH is 1. The third-order valence-corrected chi connectivity index (χ3v) is 9.48. The molecule has 0 saturated carbocycles. The first-order chi connectivity index (χ1) is 12.5. The molecular formula is C20H28O6Si. The van der Waals surface area contributed by atoms with Gasteiger partial charge in [0.05, 0.1) is 5.56 Å². The molecule has 1 aromatic rings. The molecule has 7 heteroatoms. The van der Waals surface area contributed by atoms with E-state index in [2.05, 4.69) is 33.9 Å². The highest BCUT2D eigenvalue weighted by atomic mass is 28.4. The number of cyclic esters (lactones) is 1. The van der Waals surface area contributed by atoms with Crippen LogP contribution in [-0.4, -0.2) is 50.3 Å². The second-order valence-electron chi connectivity index (χ2n) is 8.14. The Morgan fingerprint density at radius 1 is 1.26 bits per heavy atom. The monoisotopic (exact) mass is 392 g/mol. The highest BCUT2D eigenvalue weighted by Gasteiger charge is 2.43. The van der Waals surface area contributed by atoms with E-state index in [-0.39, 0.29) is 11.6 Å². The van der Waals surface area contributed by atoms with E-state index in [4.69, 9.17) is 13.9 Å². The number of carbonyl (C=O) groups excluding carboxylic acids is 2. The summed E-state index contributed by atoms with van der Waals surface area (Å²) in [6.45, 7) is 10.2. The van der Waals surface area contributed by atoms with Crippen LogP contribution >= 0.6 is 0 Å². The van der Waals surface area contributed by atoms with E-state index in [9.17, 15) is 14.7 Å². The van der Waals surface area contributed by atoms with Crippen molar-refractivity contribution < 1.29 is 28.6 Å². The van der Waals surface area contributed by atoms with Crippen molar-refractivity contribution in [1.29, 1.82) is 0 Å². The van der Waals surface area contributed by atoms with Gasteiger partial charge in [-0.25, -0.2) is 9.59 Å². The average Bonchev–Trinajstić information content (AvgIpc) is 2.60. The summed E-state index contributed by atoms with van der Waals surface area (Å²) in [6, 6.07) is 8.50. The number of rotatable bonds is 6.